The van der Waals surface area contributed by atoms with Crippen LogP contribution < -0.4 is 5.73 Å². The highest BCUT2D eigenvalue weighted by Gasteiger charge is 2.36. The van der Waals surface area contributed by atoms with E-state index in [4.69, 9.17) is 5.73 Å². The molecule has 2 nitrogen and oxygen atoms in total. The standard InChI is InChI=1S/C13H28N2/c1-11(2)13(4,10-14)15-9-7-5-6-8-12(15)3/h11-12H,5-10,14H2,1-4H3. The Balaban J connectivity index is 2.80. The highest BCUT2D eigenvalue weighted by Crippen LogP contribution is 2.29. The van der Waals surface area contributed by atoms with Crippen molar-refractivity contribution in [3.8, 4) is 0 Å². The summed E-state index contributed by atoms with van der Waals surface area (Å²) in [7, 11) is 0. The van der Waals surface area contributed by atoms with Gasteiger partial charge in [0.2, 0.25) is 0 Å². The molecular weight excluding hydrogens is 184 g/mol. The first-order chi connectivity index (χ1) is 7.02. The van der Waals surface area contributed by atoms with Crippen LogP contribution in [0.5, 0.6) is 0 Å². The molecule has 0 bridgehead atoms. The van der Waals surface area contributed by atoms with Crippen molar-refractivity contribution in [3.05, 3.63) is 0 Å². The van der Waals surface area contributed by atoms with Crippen molar-refractivity contribution < 1.29 is 0 Å². The van der Waals surface area contributed by atoms with Gasteiger partial charge in [0.25, 0.3) is 0 Å². The summed E-state index contributed by atoms with van der Waals surface area (Å²) >= 11 is 0. The Hall–Kier alpha value is -0.0800. The number of rotatable bonds is 3. The summed E-state index contributed by atoms with van der Waals surface area (Å²) < 4.78 is 0. The van der Waals surface area contributed by atoms with Gasteiger partial charge in [-0.3, -0.25) is 4.90 Å². The van der Waals surface area contributed by atoms with Crippen LogP contribution in [-0.4, -0.2) is 29.6 Å². The molecule has 0 aromatic carbocycles. The van der Waals surface area contributed by atoms with E-state index in [1.165, 1.54) is 32.2 Å². The molecule has 1 rings (SSSR count). The van der Waals surface area contributed by atoms with Crippen molar-refractivity contribution in [2.24, 2.45) is 11.7 Å². The smallest absolute Gasteiger partial charge is 0.0329 e. The number of likely N-dealkylation sites (tertiary alicyclic amines) is 1. The van der Waals surface area contributed by atoms with E-state index in [9.17, 15) is 0 Å². The van der Waals surface area contributed by atoms with Crippen LogP contribution in [0.4, 0.5) is 0 Å². The van der Waals surface area contributed by atoms with Crippen molar-refractivity contribution in [2.45, 2.75) is 65.0 Å². The monoisotopic (exact) mass is 212 g/mol. The summed E-state index contributed by atoms with van der Waals surface area (Å²) in [4.78, 5) is 2.66. The molecule has 1 fully saturated rings. The summed E-state index contributed by atoms with van der Waals surface area (Å²) in [6.07, 6.45) is 5.45. The van der Waals surface area contributed by atoms with E-state index in [0.29, 0.717) is 12.0 Å². The highest BCUT2D eigenvalue weighted by molar-refractivity contribution is 4.93. The van der Waals surface area contributed by atoms with E-state index in [2.05, 4.69) is 32.6 Å². The Morgan fingerprint density at radius 1 is 1.33 bits per heavy atom. The van der Waals surface area contributed by atoms with Crippen molar-refractivity contribution in [1.82, 2.24) is 4.90 Å². The van der Waals surface area contributed by atoms with Gasteiger partial charge in [-0.15, -0.1) is 0 Å². The quantitative estimate of drug-likeness (QED) is 0.779. The van der Waals surface area contributed by atoms with Crippen LogP contribution in [0.1, 0.15) is 53.4 Å². The van der Waals surface area contributed by atoms with Crippen LogP contribution in [0.15, 0.2) is 0 Å². The molecule has 0 aromatic heterocycles. The zero-order valence-electron chi connectivity index (χ0n) is 10.9. The molecule has 1 saturated heterocycles. The lowest BCUT2D eigenvalue weighted by atomic mass is 9.85. The van der Waals surface area contributed by atoms with Crippen LogP contribution in [0.3, 0.4) is 0 Å². The van der Waals surface area contributed by atoms with Gasteiger partial charge in [0.1, 0.15) is 0 Å². The third kappa shape index (κ3) is 2.73. The number of hydrogen-bond acceptors (Lipinski definition) is 2. The van der Waals surface area contributed by atoms with Gasteiger partial charge in [0.15, 0.2) is 0 Å². The Bertz CT molecular complexity index is 191. The summed E-state index contributed by atoms with van der Waals surface area (Å²) in [5.74, 6) is 0.628. The SMILES string of the molecule is CC1CCCCCN1C(C)(CN)C(C)C. The van der Waals surface area contributed by atoms with Gasteiger partial charge in [-0.25, -0.2) is 0 Å². The molecule has 1 heterocycles. The topological polar surface area (TPSA) is 29.3 Å². The number of nitrogens with two attached hydrogens (primary N) is 1. The third-order valence-corrected chi connectivity index (χ3v) is 4.37. The first-order valence-corrected chi connectivity index (χ1v) is 6.49. The van der Waals surface area contributed by atoms with Crippen molar-refractivity contribution in [1.29, 1.82) is 0 Å². The largest absolute Gasteiger partial charge is 0.329 e. The maximum Gasteiger partial charge on any atom is 0.0329 e. The molecule has 15 heavy (non-hydrogen) atoms. The van der Waals surface area contributed by atoms with Crippen LogP contribution in [0, 0.1) is 5.92 Å². The second kappa shape index (κ2) is 5.31. The molecule has 0 aromatic rings. The van der Waals surface area contributed by atoms with Crippen LogP contribution in [-0.2, 0) is 0 Å². The predicted molar refractivity (Wildman–Crippen MR) is 66.9 cm³/mol. The summed E-state index contributed by atoms with van der Waals surface area (Å²) in [6.45, 7) is 11.3. The lowest BCUT2D eigenvalue weighted by molar-refractivity contribution is 0.0348. The molecule has 0 saturated carbocycles. The number of nitrogens with zero attached hydrogens (tertiary/aromatic N) is 1. The average Bonchev–Trinajstić information content (AvgIpc) is 2.41. The molecule has 0 aliphatic carbocycles. The van der Waals surface area contributed by atoms with Gasteiger partial charge >= 0.3 is 0 Å². The van der Waals surface area contributed by atoms with Gasteiger partial charge in [-0.2, -0.15) is 0 Å². The molecule has 0 spiro atoms. The second-order valence-corrected chi connectivity index (χ2v) is 5.61. The minimum Gasteiger partial charge on any atom is -0.329 e. The zero-order chi connectivity index (χ0) is 11.5. The Labute approximate surface area is 95.2 Å². The van der Waals surface area contributed by atoms with E-state index in [1.807, 2.05) is 0 Å². The Kier molecular flexibility index (Phi) is 4.60. The zero-order valence-corrected chi connectivity index (χ0v) is 10.9. The minimum absolute atomic E-state index is 0.184. The third-order valence-electron chi connectivity index (χ3n) is 4.37. The lowest BCUT2D eigenvalue weighted by Gasteiger charge is -2.46. The molecule has 2 atom stereocenters. The average molecular weight is 212 g/mol. The minimum atomic E-state index is 0.184. The van der Waals surface area contributed by atoms with E-state index < -0.39 is 0 Å². The maximum atomic E-state index is 6.01. The van der Waals surface area contributed by atoms with Crippen molar-refractivity contribution in [3.63, 3.8) is 0 Å². The molecule has 2 N–H and O–H groups in total. The Morgan fingerprint density at radius 3 is 2.53 bits per heavy atom. The Morgan fingerprint density at radius 2 is 2.00 bits per heavy atom. The van der Waals surface area contributed by atoms with Gasteiger partial charge in [0.05, 0.1) is 0 Å². The van der Waals surface area contributed by atoms with E-state index in [-0.39, 0.29) is 5.54 Å². The molecule has 1 aliphatic rings. The van der Waals surface area contributed by atoms with E-state index in [1.54, 1.807) is 0 Å². The van der Waals surface area contributed by atoms with Crippen molar-refractivity contribution in [2.75, 3.05) is 13.1 Å². The highest BCUT2D eigenvalue weighted by atomic mass is 15.2. The van der Waals surface area contributed by atoms with Gasteiger partial charge in [-0.05, 0) is 39.2 Å². The number of hydrogen-bond donors (Lipinski definition) is 1. The molecular formula is C13H28N2. The maximum absolute atomic E-state index is 6.01. The summed E-state index contributed by atoms with van der Waals surface area (Å²) in [5, 5.41) is 0. The summed E-state index contributed by atoms with van der Waals surface area (Å²) in [5.41, 5.74) is 6.19. The first kappa shape index (κ1) is 13.0. The fourth-order valence-electron chi connectivity index (χ4n) is 2.72. The second-order valence-electron chi connectivity index (χ2n) is 5.61. The predicted octanol–water partition coefficient (Wildman–Crippen LogP) is 2.62. The van der Waals surface area contributed by atoms with Gasteiger partial charge < -0.3 is 5.73 Å². The van der Waals surface area contributed by atoms with Crippen molar-refractivity contribution >= 4 is 0 Å². The fraction of sp³-hybridized carbons (Fsp3) is 1.00. The van der Waals surface area contributed by atoms with Gasteiger partial charge in [-0.1, -0.05) is 26.7 Å². The van der Waals surface area contributed by atoms with Gasteiger partial charge in [0, 0.05) is 18.1 Å². The van der Waals surface area contributed by atoms with Crippen LogP contribution >= 0.6 is 0 Å². The van der Waals surface area contributed by atoms with E-state index >= 15 is 0 Å². The summed E-state index contributed by atoms with van der Waals surface area (Å²) in [6, 6.07) is 0.698. The fourth-order valence-corrected chi connectivity index (χ4v) is 2.72. The molecule has 2 heteroatoms. The van der Waals surface area contributed by atoms with Crippen LogP contribution in [0.25, 0.3) is 0 Å². The lowest BCUT2D eigenvalue weighted by Crippen LogP contribution is -2.58. The molecule has 2 unspecified atom stereocenters. The first-order valence-electron chi connectivity index (χ1n) is 6.49. The molecule has 0 amide bonds. The molecule has 90 valence electrons. The molecule has 0 radical (unpaired) electrons. The van der Waals surface area contributed by atoms with E-state index in [0.717, 1.165) is 6.54 Å². The normalized spacial score (nSPS) is 28.8. The van der Waals surface area contributed by atoms with Crippen LogP contribution in [0.2, 0.25) is 0 Å². The molecule has 1 aliphatic heterocycles.